The summed E-state index contributed by atoms with van der Waals surface area (Å²) in [5, 5.41) is -0.205. The molecule has 0 aliphatic carbocycles. The summed E-state index contributed by atoms with van der Waals surface area (Å²) < 4.78 is 48.2. The zero-order chi connectivity index (χ0) is 20.2. The van der Waals surface area contributed by atoms with Crippen molar-refractivity contribution in [3.8, 4) is 11.5 Å². The quantitative estimate of drug-likeness (QED) is 0.477. The molecule has 8 heteroatoms. The number of carbonyl (C=O) groups is 2. The van der Waals surface area contributed by atoms with E-state index in [2.05, 4.69) is 4.74 Å². The summed E-state index contributed by atoms with van der Waals surface area (Å²) in [7, 11) is 1.28. The first-order chi connectivity index (χ1) is 12.6. The van der Waals surface area contributed by atoms with E-state index in [0.29, 0.717) is 17.5 Å². The molecule has 0 aliphatic heterocycles. The molecule has 2 rings (SSSR count). The lowest BCUT2D eigenvalue weighted by molar-refractivity contribution is -0.140. The topological polar surface area (TPSA) is 52.6 Å². The van der Waals surface area contributed by atoms with Crippen molar-refractivity contribution in [3.05, 3.63) is 58.1 Å². The molecule has 4 nitrogen and oxygen atoms in total. The minimum atomic E-state index is -4.51. The van der Waals surface area contributed by atoms with Gasteiger partial charge in [-0.05, 0) is 49.2 Å². The van der Waals surface area contributed by atoms with Gasteiger partial charge in [0, 0.05) is 12.0 Å². The van der Waals surface area contributed by atoms with E-state index in [4.69, 9.17) is 16.3 Å². The molecule has 0 heterocycles. The molecule has 0 saturated carbocycles. The van der Waals surface area contributed by atoms with Crippen molar-refractivity contribution in [1.29, 1.82) is 0 Å². The molecule has 0 bridgehead atoms. The Balaban J connectivity index is 2.26. The average molecular weight is 401 g/mol. The van der Waals surface area contributed by atoms with E-state index >= 15 is 0 Å². The van der Waals surface area contributed by atoms with Gasteiger partial charge in [-0.3, -0.25) is 9.59 Å². The second-order valence-corrected chi connectivity index (χ2v) is 6.10. The number of ketones is 1. The Hall–Kier alpha value is -2.54. The predicted octanol–water partition coefficient (Wildman–Crippen LogP) is 5.46. The van der Waals surface area contributed by atoms with E-state index in [0.717, 1.165) is 18.2 Å². The van der Waals surface area contributed by atoms with Gasteiger partial charge in [0.25, 0.3) is 0 Å². The number of alkyl halides is 3. The molecule has 0 fully saturated rings. The Morgan fingerprint density at radius 1 is 1.11 bits per heavy atom. The maximum absolute atomic E-state index is 12.7. The van der Waals surface area contributed by atoms with Gasteiger partial charge < -0.3 is 9.47 Å². The number of Topliss-reactive ketones (excluding diaryl/α,β-unsaturated/α-hetero) is 1. The van der Waals surface area contributed by atoms with Gasteiger partial charge in [-0.1, -0.05) is 17.7 Å². The first kappa shape index (κ1) is 20.8. The first-order valence-corrected chi connectivity index (χ1v) is 8.25. The van der Waals surface area contributed by atoms with Crippen molar-refractivity contribution >= 4 is 23.4 Å². The normalized spacial score (nSPS) is 11.2. The van der Waals surface area contributed by atoms with Crippen LogP contribution in [0.5, 0.6) is 11.5 Å². The highest BCUT2D eigenvalue weighted by atomic mass is 35.5. The van der Waals surface area contributed by atoms with Crippen LogP contribution >= 0.6 is 11.6 Å². The maximum atomic E-state index is 12.7. The van der Waals surface area contributed by atoms with Crippen molar-refractivity contribution in [2.24, 2.45) is 0 Å². The molecule has 0 saturated heterocycles. The van der Waals surface area contributed by atoms with Crippen molar-refractivity contribution in [2.45, 2.75) is 25.9 Å². The predicted molar refractivity (Wildman–Crippen MR) is 93.3 cm³/mol. The number of methoxy groups -OCH3 is 1. The molecule has 27 heavy (non-hydrogen) atoms. The van der Waals surface area contributed by atoms with Crippen LogP contribution < -0.4 is 4.74 Å². The molecule has 0 spiro atoms. The lowest BCUT2D eigenvalue weighted by Gasteiger charge is -2.13. The number of rotatable bonds is 6. The van der Waals surface area contributed by atoms with Crippen LogP contribution in [0.2, 0.25) is 5.02 Å². The minimum Gasteiger partial charge on any atom is -0.469 e. The highest BCUT2D eigenvalue weighted by Gasteiger charge is 2.31. The van der Waals surface area contributed by atoms with Gasteiger partial charge >= 0.3 is 12.1 Å². The summed E-state index contributed by atoms with van der Waals surface area (Å²) in [6.45, 7) is 1.37. The summed E-state index contributed by atoms with van der Waals surface area (Å²) in [4.78, 5) is 23.2. The van der Waals surface area contributed by atoms with Crippen molar-refractivity contribution in [3.63, 3.8) is 0 Å². The zero-order valence-corrected chi connectivity index (χ0v) is 15.3. The summed E-state index contributed by atoms with van der Waals surface area (Å²) in [6.07, 6.45) is -4.09. The molecule has 0 radical (unpaired) electrons. The minimum absolute atomic E-state index is 0.0291. The molecule has 2 aromatic carbocycles. The van der Waals surface area contributed by atoms with Crippen LogP contribution in [0.4, 0.5) is 13.2 Å². The van der Waals surface area contributed by atoms with Crippen LogP contribution in [0.25, 0.3) is 0 Å². The lowest BCUT2D eigenvalue weighted by Crippen LogP contribution is -2.06. The molecule has 0 N–H and O–H groups in total. The molecule has 0 aromatic heterocycles. The highest BCUT2D eigenvalue weighted by Crippen LogP contribution is 2.36. The molecule has 0 aliphatic rings. The summed E-state index contributed by atoms with van der Waals surface area (Å²) in [5.41, 5.74) is 0.0978. The molecule has 144 valence electrons. The maximum Gasteiger partial charge on any atom is 0.416 e. The number of hydrogen-bond acceptors (Lipinski definition) is 4. The largest absolute Gasteiger partial charge is 0.469 e. The third-order valence-corrected chi connectivity index (χ3v) is 4.07. The van der Waals surface area contributed by atoms with Crippen molar-refractivity contribution < 1.29 is 32.2 Å². The van der Waals surface area contributed by atoms with Gasteiger partial charge in [0.1, 0.15) is 11.5 Å². The monoisotopic (exact) mass is 400 g/mol. The summed E-state index contributed by atoms with van der Waals surface area (Å²) in [6, 6.07) is 7.37. The Bertz CT molecular complexity index is 863. The molecule has 0 atom stereocenters. The Morgan fingerprint density at radius 3 is 2.37 bits per heavy atom. The van der Waals surface area contributed by atoms with Gasteiger partial charge in [0.2, 0.25) is 0 Å². The van der Waals surface area contributed by atoms with E-state index in [1.807, 2.05) is 0 Å². The van der Waals surface area contributed by atoms with Crippen molar-refractivity contribution in [2.75, 3.05) is 7.11 Å². The van der Waals surface area contributed by atoms with Crippen LogP contribution in [0.1, 0.15) is 34.8 Å². The SMILES string of the molecule is COC(=O)CCc1ccc(Oc2ccc(C(F)(F)F)cc2Cl)cc1C(C)=O. The van der Waals surface area contributed by atoms with Crippen LogP contribution in [-0.4, -0.2) is 18.9 Å². The molecule has 0 amide bonds. The molecule has 2 aromatic rings. The van der Waals surface area contributed by atoms with E-state index in [1.165, 1.54) is 20.1 Å². The number of aryl methyl sites for hydroxylation is 1. The Morgan fingerprint density at radius 2 is 1.81 bits per heavy atom. The number of hydrogen-bond donors (Lipinski definition) is 0. The van der Waals surface area contributed by atoms with Gasteiger partial charge in [0.05, 0.1) is 17.7 Å². The fourth-order valence-electron chi connectivity index (χ4n) is 2.39. The molecular formula is C19H16ClF3O4. The number of halogens is 4. The van der Waals surface area contributed by atoms with E-state index in [-0.39, 0.29) is 28.7 Å². The Kier molecular flexibility index (Phi) is 6.49. The van der Waals surface area contributed by atoms with Gasteiger partial charge in [-0.15, -0.1) is 0 Å². The van der Waals surface area contributed by atoms with E-state index in [1.54, 1.807) is 12.1 Å². The van der Waals surface area contributed by atoms with Crippen LogP contribution in [0.15, 0.2) is 36.4 Å². The standard InChI is InChI=1S/C19H16ClF3O4/c1-11(24)15-10-14(6-3-12(15)4-8-18(25)26-2)27-17-7-5-13(9-16(17)20)19(21,22)23/h3,5-7,9-10H,4,8H2,1-2H3. The first-order valence-electron chi connectivity index (χ1n) is 7.87. The molecule has 0 unspecified atom stereocenters. The number of ether oxygens (including phenoxy) is 2. The smallest absolute Gasteiger partial charge is 0.416 e. The second-order valence-electron chi connectivity index (χ2n) is 5.70. The number of carbonyl (C=O) groups excluding carboxylic acids is 2. The number of benzene rings is 2. The van der Waals surface area contributed by atoms with Gasteiger partial charge in [-0.2, -0.15) is 13.2 Å². The van der Waals surface area contributed by atoms with E-state index < -0.39 is 17.7 Å². The summed E-state index contributed by atoms with van der Waals surface area (Å²) in [5.74, 6) is -0.370. The average Bonchev–Trinajstić information content (AvgIpc) is 2.60. The van der Waals surface area contributed by atoms with Crippen LogP contribution in [0.3, 0.4) is 0 Å². The van der Waals surface area contributed by atoms with Gasteiger partial charge in [0.15, 0.2) is 5.78 Å². The third-order valence-electron chi connectivity index (χ3n) is 3.77. The highest BCUT2D eigenvalue weighted by molar-refractivity contribution is 6.32. The lowest BCUT2D eigenvalue weighted by atomic mass is 10.00. The van der Waals surface area contributed by atoms with E-state index in [9.17, 15) is 22.8 Å². The fraction of sp³-hybridized carbons (Fsp3) is 0.263. The molecular weight excluding hydrogens is 385 g/mol. The van der Waals surface area contributed by atoms with Crippen LogP contribution in [0, 0.1) is 0 Å². The second kappa shape index (κ2) is 8.43. The van der Waals surface area contributed by atoms with Crippen molar-refractivity contribution in [1.82, 2.24) is 0 Å². The third kappa shape index (κ3) is 5.47. The summed E-state index contributed by atoms with van der Waals surface area (Å²) >= 11 is 5.88. The Labute approximate surface area is 158 Å². The number of esters is 1. The van der Waals surface area contributed by atoms with Crippen LogP contribution in [-0.2, 0) is 22.1 Å². The van der Waals surface area contributed by atoms with Gasteiger partial charge in [-0.25, -0.2) is 0 Å². The zero-order valence-electron chi connectivity index (χ0n) is 14.5. The fourth-order valence-corrected chi connectivity index (χ4v) is 2.61.